The van der Waals surface area contributed by atoms with Gasteiger partial charge < -0.3 is 4.90 Å². The van der Waals surface area contributed by atoms with Gasteiger partial charge in [-0.05, 0) is 43.9 Å². The summed E-state index contributed by atoms with van der Waals surface area (Å²) in [6.07, 6.45) is 5.54. The Morgan fingerprint density at radius 3 is 2.67 bits per heavy atom. The van der Waals surface area contributed by atoms with Crippen LogP contribution in [0.4, 0.5) is 0 Å². The third-order valence-electron chi connectivity index (χ3n) is 4.11. The van der Waals surface area contributed by atoms with E-state index in [1.165, 1.54) is 25.7 Å². The van der Waals surface area contributed by atoms with Crippen molar-refractivity contribution in [1.82, 2.24) is 4.90 Å². The first-order valence-corrected chi connectivity index (χ1v) is 6.40. The molecule has 0 heterocycles. The van der Waals surface area contributed by atoms with Crippen LogP contribution in [0.15, 0.2) is 0 Å². The highest BCUT2D eigenvalue weighted by Gasteiger charge is 2.40. The molecule has 2 saturated carbocycles. The highest BCUT2D eigenvalue weighted by atomic mass is 35.5. The number of alkyl halides is 1. The number of fused-ring (bicyclic) bond motifs is 2. The topological polar surface area (TPSA) is 20.3 Å². The van der Waals surface area contributed by atoms with Crippen LogP contribution in [0.1, 0.15) is 32.6 Å². The minimum absolute atomic E-state index is 0.0689. The van der Waals surface area contributed by atoms with Gasteiger partial charge in [0.15, 0.2) is 0 Å². The van der Waals surface area contributed by atoms with Gasteiger partial charge in [-0.1, -0.05) is 6.42 Å². The van der Waals surface area contributed by atoms with Crippen LogP contribution < -0.4 is 0 Å². The molecular weight excluding hydrogens is 210 g/mol. The zero-order valence-corrected chi connectivity index (χ0v) is 10.3. The number of hydrogen-bond donors (Lipinski definition) is 0. The van der Waals surface area contributed by atoms with Crippen LogP contribution >= 0.6 is 11.6 Å². The SMILES string of the molecule is CC(Cl)C(=O)N(C)CC1CC2CCC1C2. The van der Waals surface area contributed by atoms with Crippen molar-refractivity contribution in [2.45, 2.75) is 38.0 Å². The fraction of sp³-hybridized carbons (Fsp3) is 0.917. The molecule has 0 aromatic carbocycles. The summed E-state index contributed by atoms with van der Waals surface area (Å²) < 4.78 is 0. The predicted molar refractivity (Wildman–Crippen MR) is 61.9 cm³/mol. The normalized spacial score (nSPS) is 35.5. The quantitative estimate of drug-likeness (QED) is 0.681. The Labute approximate surface area is 97.0 Å². The Bertz CT molecular complexity index is 254. The second-order valence-corrected chi connectivity index (χ2v) is 5.92. The number of carbonyl (C=O) groups is 1. The Kier molecular flexibility index (Phi) is 3.24. The summed E-state index contributed by atoms with van der Waals surface area (Å²) in [6.45, 7) is 2.66. The van der Waals surface area contributed by atoms with Crippen LogP contribution in [0.5, 0.6) is 0 Å². The van der Waals surface area contributed by atoms with Crippen LogP contribution in [-0.2, 0) is 4.79 Å². The third kappa shape index (κ3) is 2.30. The Morgan fingerprint density at radius 2 is 2.20 bits per heavy atom. The van der Waals surface area contributed by atoms with E-state index in [-0.39, 0.29) is 11.3 Å². The van der Waals surface area contributed by atoms with Crippen molar-refractivity contribution in [1.29, 1.82) is 0 Å². The molecule has 2 bridgehead atoms. The van der Waals surface area contributed by atoms with Crippen molar-refractivity contribution in [2.24, 2.45) is 17.8 Å². The number of amides is 1. The zero-order valence-electron chi connectivity index (χ0n) is 9.58. The van der Waals surface area contributed by atoms with Crippen molar-refractivity contribution in [3.8, 4) is 0 Å². The van der Waals surface area contributed by atoms with E-state index in [1.807, 2.05) is 11.9 Å². The zero-order chi connectivity index (χ0) is 11.0. The van der Waals surface area contributed by atoms with Crippen molar-refractivity contribution < 1.29 is 4.79 Å². The van der Waals surface area contributed by atoms with E-state index in [0.717, 1.165) is 24.3 Å². The van der Waals surface area contributed by atoms with Gasteiger partial charge in [-0.3, -0.25) is 4.79 Å². The summed E-state index contributed by atoms with van der Waals surface area (Å²) in [5, 5.41) is -0.381. The Morgan fingerprint density at radius 1 is 1.47 bits per heavy atom. The van der Waals surface area contributed by atoms with Gasteiger partial charge in [0.1, 0.15) is 5.38 Å². The maximum absolute atomic E-state index is 11.6. The van der Waals surface area contributed by atoms with Gasteiger partial charge in [-0.15, -0.1) is 11.6 Å². The number of hydrogen-bond acceptors (Lipinski definition) is 1. The lowest BCUT2D eigenvalue weighted by Crippen LogP contribution is -2.37. The maximum Gasteiger partial charge on any atom is 0.240 e. The molecule has 3 heteroatoms. The molecule has 0 aromatic heterocycles. The molecule has 4 atom stereocenters. The lowest BCUT2D eigenvalue weighted by molar-refractivity contribution is -0.130. The largest absolute Gasteiger partial charge is 0.344 e. The minimum Gasteiger partial charge on any atom is -0.344 e. The average Bonchev–Trinajstić information content (AvgIpc) is 2.77. The highest BCUT2D eigenvalue weighted by molar-refractivity contribution is 6.30. The number of halogens is 1. The van der Waals surface area contributed by atoms with Gasteiger partial charge in [0.05, 0.1) is 0 Å². The molecule has 2 aliphatic carbocycles. The number of nitrogens with zero attached hydrogens (tertiary/aromatic N) is 1. The van der Waals surface area contributed by atoms with E-state index in [1.54, 1.807) is 6.92 Å². The second-order valence-electron chi connectivity index (χ2n) is 5.27. The van der Waals surface area contributed by atoms with Gasteiger partial charge in [0.25, 0.3) is 0 Å². The van der Waals surface area contributed by atoms with E-state index in [0.29, 0.717) is 0 Å². The van der Waals surface area contributed by atoms with Gasteiger partial charge in [-0.2, -0.15) is 0 Å². The molecule has 4 unspecified atom stereocenters. The molecular formula is C12H20ClNO. The van der Waals surface area contributed by atoms with E-state index < -0.39 is 0 Å². The molecule has 15 heavy (non-hydrogen) atoms. The lowest BCUT2D eigenvalue weighted by Gasteiger charge is -2.27. The summed E-state index contributed by atoms with van der Waals surface area (Å²) in [5.74, 6) is 2.65. The fourth-order valence-electron chi connectivity index (χ4n) is 3.35. The predicted octanol–water partition coefficient (Wildman–Crippen LogP) is 2.51. The molecule has 86 valence electrons. The molecule has 0 aliphatic heterocycles. The lowest BCUT2D eigenvalue weighted by atomic mass is 9.88. The smallest absolute Gasteiger partial charge is 0.240 e. The van der Waals surface area contributed by atoms with Crippen molar-refractivity contribution in [3.05, 3.63) is 0 Å². The van der Waals surface area contributed by atoms with Crippen LogP contribution in [0.2, 0.25) is 0 Å². The highest BCUT2D eigenvalue weighted by Crippen LogP contribution is 2.48. The molecule has 2 nitrogen and oxygen atoms in total. The first-order chi connectivity index (χ1) is 7.08. The third-order valence-corrected chi connectivity index (χ3v) is 4.30. The first kappa shape index (κ1) is 11.3. The van der Waals surface area contributed by atoms with Gasteiger partial charge in [0, 0.05) is 13.6 Å². The summed E-state index contributed by atoms with van der Waals surface area (Å²) in [6, 6.07) is 0. The average molecular weight is 230 g/mol. The fourth-order valence-corrected chi connectivity index (χ4v) is 3.51. The molecule has 0 spiro atoms. The number of rotatable bonds is 3. The summed E-state index contributed by atoms with van der Waals surface area (Å²) in [5.41, 5.74) is 0. The van der Waals surface area contributed by atoms with Crippen molar-refractivity contribution >= 4 is 17.5 Å². The number of carbonyl (C=O) groups excluding carboxylic acids is 1. The standard InChI is InChI=1S/C12H20ClNO/c1-8(13)12(15)14(2)7-11-6-9-3-4-10(11)5-9/h8-11H,3-7H2,1-2H3. The Hall–Kier alpha value is -0.240. The van der Waals surface area contributed by atoms with Crippen LogP contribution in [-0.4, -0.2) is 29.8 Å². The van der Waals surface area contributed by atoms with Gasteiger partial charge in [-0.25, -0.2) is 0 Å². The molecule has 0 radical (unpaired) electrons. The van der Waals surface area contributed by atoms with Crippen LogP contribution in [0.25, 0.3) is 0 Å². The Balaban J connectivity index is 1.84. The summed E-state index contributed by atoms with van der Waals surface area (Å²) in [4.78, 5) is 13.5. The molecule has 2 rings (SSSR count). The molecule has 0 aromatic rings. The van der Waals surface area contributed by atoms with Gasteiger partial charge >= 0.3 is 0 Å². The van der Waals surface area contributed by atoms with Crippen molar-refractivity contribution in [2.75, 3.05) is 13.6 Å². The van der Waals surface area contributed by atoms with Crippen LogP contribution in [0, 0.1) is 17.8 Å². The molecule has 1 amide bonds. The van der Waals surface area contributed by atoms with Gasteiger partial charge in [0.2, 0.25) is 5.91 Å². The van der Waals surface area contributed by atoms with E-state index in [4.69, 9.17) is 11.6 Å². The summed E-state index contributed by atoms with van der Waals surface area (Å²) in [7, 11) is 1.88. The monoisotopic (exact) mass is 229 g/mol. The maximum atomic E-state index is 11.6. The minimum atomic E-state index is -0.381. The van der Waals surface area contributed by atoms with E-state index in [2.05, 4.69) is 0 Å². The molecule has 0 N–H and O–H groups in total. The second kappa shape index (κ2) is 4.32. The van der Waals surface area contributed by atoms with Crippen molar-refractivity contribution in [3.63, 3.8) is 0 Å². The summed E-state index contributed by atoms with van der Waals surface area (Å²) >= 11 is 5.80. The molecule has 2 fully saturated rings. The first-order valence-electron chi connectivity index (χ1n) is 5.97. The van der Waals surface area contributed by atoms with E-state index in [9.17, 15) is 4.79 Å². The van der Waals surface area contributed by atoms with Crippen LogP contribution in [0.3, 0.4) is 0 Å². The molecule has 0 saturated heterocycles. The molecule has 2 aliphatic rings. The van der Waals surface area contributed by atoms with E-state index >= 15 is 0 Å².